The SMILES string of the molecule is COc1ccc(C)cc1/C=C/C(=O)NCc1ccc(C(=O)N(C)C)cc1. The lowest BCUT2D eigenvalue weighted by atomic mass is 10.1. The Labute approximate surface area is 154 Å². The number of rotatable bonds is 6. The van der Waals surface area contributed by atoms with Crippen LogP contribution in [0.1, 0.15) is 27.0 Å². The number of amides is 2. The summed E-state index contributed by atoms with van der Waals surface area (Å²) in [7, 11) is 5.03. The Balaban J connectivity index is 1.95. The second kappa shape index (κ2) is 8.85. The Hall–Kier alpha value is -3.08. The zero-order chi connectivity index (χ0) is 19.1. The largest absolute Gasteiger partial charge is 0.496 e. The first kappa shape index (κ1) is 19.2. The predicted octanol–water partition coefficient (Wildman–Crippen LogP) is 3.04. The van der Waals surface area contributed by atoms with E-state index in [1.165, 1.54) is 11.0 Å². The molecule has 2 rings (SSSR count). The monoisotopic (exact) mass is 352 g/mol. The van der Waals surface area contributed by atoms with E-state index in [4.69, 9.17) is 4.74 Å². The molecular weight excluding hydrogens is 328 g/mol. The van der Waals surface area contributed by atoms with E-state index >= 15 is 0 Å². The summed E-state index contributed by atoms with van der Waals surface area (Å²) in [6, 6.07) is 13.0. The van der Waals surface area contributed by atoms with Gasteiger partial charge in [0.25, 0.3) is 5.91 Å². The minimum Gasteiger partial charge on any atom is -0.496 e. The standard InChI is InChI=1S/C21H24N2O3/c1-15-5-11-19(26-4)18(13-15)10-12-20(24)22-14-16-6-8-17(9-7-16)21(25)23(2)3/h5-13H,14H2,1-4H3,(H,22,24)/b12-10+. The molecule has 0 unspecified atom stereocenters. The molecule has 0 spiro atoms. The van der Waals surface area contributed by atoms with Gasteiger partial charge in [0.1, 0.15) is 5.75 Å². The fourth-order valence-corrected chi connectivity index (χ4v) is 2.42. The Bertz CT molecular complexity index is 809. The summed E-state index contributed by atoms with van der Waals surface area (Å²) in [5.74, 6) is 0.485. The number of hydrogen-bond acceptors (Lipinski definition) is 3. The van der Waals surface area contributed by atoms with Crippen LogP contribution in [0.15, 0.2) is 48.5 Å². The number of nitrogens with one attached hydrogen (secondary N) is 1. The highest BCUT2D eigenvalue weighted by Gasteiger charge is 2.07. The van der Waals surface area contributed by atoms with Gasteiger partial charge in [0, 0.05) is 37.8 Å². The summed E-state index contributed by atoms with van der Waals surface area (Å²) in [5.41, 5.74) is 3.50. The molecule has 0 bridgehead atoms. The highest BCUT2D eigenvalue weighted by atomic mass is 16.5. The minimum atomic E-state index is -0.193. The van der Waals surface area contributed by atoms with E-state index in [0.717, 1.165) is 22.4 Å². The van der Waals surface area contributed by atoms with Gasteiger partial charge in [-0.25, -0.2) is 0 Å². The van der Waals surface area contributed by atoms with Crippen molar-refractivity contribution in [3.05, 3.63) is 70.8 Å². The van der Waals surface area contributed by atoms with E-state index in [2.05, 4.69) is 5.32 Å². The van der Waals surface area contributed by atoms with E-state index < -0.39 is 0 Å². The second-order valence-corrected chi connectivity index (χ2v) is 6.19. The lowest BCUT2D eigenvalue weighted by molar-refractivity contribution is -0.116. The van der Waals surface area contributed by atoms with Crippen LogP contribution in [0, 0.1) is 6.92 Å². The zero-order valence-corrected chi connectivity index (χ0v) is 15.6. The van der Waals surface area contributed by atoms with Crippen LogP contribution in [0.2, 0.25) is 0 Å². The molecule has 0 aliphatic heterocycles. The summed E-state index contributed by atoms with van der Waals surface area (Å²) in [6.45, 7) is 2.38. The zero-order valence-electron chi connectivity index (χ0n) is 15.6. The lowest BCUT2D eigenvalue weighted by Crippen LogP contribution is -2.22. The fraction of sp³-hybridized carbons (Fsp3) is 0.238. The highest BCUT2D eigenvalue weighted by Crippen LogP contribution is 2.20. The first-order valence-corrected chi connectivity index (χ1v) is 8.32. The molecule has 0 aliphatic carbocycles. The Morgan fingerprint density at radius 3 is 2.42 bits per heavy atom. The summed E-state index contributed by atoms with van der Waals surface area (Å²) in [5, 5.41) is 2.83. The first-order chi connectivity index (χ1) is 12.4. The van der Waals surface area contributed by atoms with Gasteiger partial charge in [-0.3, -0.25) is 9.59 Å². The maximum Gasteiger partial charge on any atom is 0.253 e. The van der Waals surface area contributed by atoms with Crippen LogP contribution in [0.5, 0.6) is 5.75 Å². The second-order valence-electron chi connectivity index (χ2n) is 6.19. The van der Waals surface area contributed by atoms with Gasteiger partial charge in [0.2, 0.25) is 5.91 Å². The van der Waals surface area contributed by atoms with Crippen LogP contribution in [-0.2, 0) is 11.3 Å². The molecule has 2 amide bonds. The van der Waals surface area contributed by atoms with E-state index in [0.29, 0.717) is 12.1 Å². The number of methoxy groups -OCH3 is 1. The van der Waals surface area contributed by atoms with Crippen LogP contribution < -0.4 is 10.1 Å². The van der Waals surface area contributed by atoms with Crippen molar-refractivity contribution < 1.29 is 14.3 Å². The molecule has 136 valence electrons. The van der Waals surface area contributed by atoms with Crippen molar-refractivity contribution >= 4 is 17.9 Å². The number of carbonyl (C=O) groups is 2. The molecule has 5 nitrogen and oxygen atoms in total. The van der Waals surface area contributed by atoms with Crippen molar-refractivity contribution in [3.63, 3.8) is 0 Å². The number of nitrogens with zero attached hydrogens (tertiary/aromatic N) is 1. The molecule has 26 heavy (non-hydrogen) atoms. The van der Waals surface area contributed by atoms with E-state index in [1.54, 1.807) is 39.4 Å². The molecule has 0 atom stereocenters. The quantitative estimate of drug-likeness (QED) is 0.813. The van der Waals surface area contributed by atoms with Crippen molar-refractivity contribution in [2.24, 2.45) is 0 Å². The van der Waals surface area contributed by atoms with E-state index in [-0.39, 0.29) is 11.8 Å². The normalized spacial score (nSPS) is 10.6. The van der Waals surface area contributed by atoms with Crippen LogP contribution in [0.25, 0.3) is 6.08 Å². The van der Waals surface area contributed by atoms with Gasteiger partial charge < -0.3 is 15.0 Å². The molecule has 2 aromatic carbocycles. The van der Waals surface area contributed by atoms with Crippen LogP contribution in [-0.4, -0.2) is 37.9 Å². The third kappa shape index (κ3) is 5.21. The first-order valence-electron chi connectivity index (χ1n) is 8.32. The maximum atomic E-state index is 12.0. The molecule has 5 heteroatoms. The molecule has 0 radical (unpaired) electrons. The van der Waals surface area contributed by atoms with Crippen molar-refractivity contribution in [2.75, 3.05) is 21.2 Å². The third-order valence-corrected chi connectivity index (χ3v) is 3.87. The minimum absolute atomic E-state index is 0.0457. The molecule has 2 aromatic rings. The smallest absolute Gasteiger partial charge is 0.253 e. The van der Waals surface area contributed by atoms with Gasteiger partial charge in [0.15, 0.2) is 0 Å². The number of ether oxygens (including phenoxy) is 1. The molecule has 0 fully saturated rings. The molecule has 0 aliphatic rings. The summed E-state index contributed by atoms with van der Waals surface area (Å²) >= 11 is 0. The molecular formula is C21H24N2O3. The Kier molecular flexibility index (Phi) is 6.55. The lowest BCUT2D eigenvalue weighted by Gasteiger charge is -2.10. The van der Waals surface area contributed by atoms with E-state index in [9.17, 15) is 9.59 Å². The summed E-state index contributed by atoms with van der Waals surface area (Å²) < 4.78 is 5.30. The van der Waals surface area contributed by atoms with Crippen LogP contribution >= 0.6 is 0 Å². The van der Waals surface area contributed by atoms with Gasteiger partial charge in [-0.1, -0.05) is 23.8 Å². The molecule has 0 heterocycles. The van der Waals surface area contributed by atoms with Crippen LogP contribution in [0.4, 0.5) is 0 Å². The number of aryl methyl sites for hydroxylation is 1. The Morgan fingerprint density at radius 1 is 1.12 bits per heavy atom. The predicted molar refractivity (Wildman–Crippen MR) is 103 cm³/mol. The maximum absolute atomic E-state index is 12.0. The van der Waals surface area contributed by atoms with Crippen molar-refractivity contribution in [1.29, 1.82) is 0 Å². The van der Waals surface area contributed by atoms with Gasteiger partial charge in [0.05, 0.1) is 7.11 Å². The van der Waals surface area contributed by atoms with Gasteiger partial charge in [-0.2, -0.15) is 0 Å². The molecule has 0 saturated heterocycles. The van der Waals surface area contributed by atoms with E-state index in [1.807, 2.05) is 37.3 Å². The highest BCUT2D eigenvalue weighted by molar-refractivity contribution is 5.94. The third-order valence-electron chi connectivity index (χ3n) is 3.87. The fourth-order valence-electron chi connectivity index (χ4n) is 2.42. The van der Waals surface area contributed by atoms with Crippen LogP contribution in [0.3, 0.4) is 0 Å². The van der Waals surface area contributed by atoms with Crippen molar-refractivity contribution in [1.82, 2.24) is 10.2 Å². The van der Waals surface area contributed by atoms with Gasteiger partial charge >= 0.3 is 0 Å². The molecule has 0 saturated carbocycles. The topological polar surface area (TPSA) is 58.6 Å². The number of benzene rings is 2. The number of hydrogen-bond donors (Lipinski definition) is 1. The summed E-state index contributed by atoms with van der Waals surface area (Å²) in [6.07, 6.45) is 3.22. The van der Waals surface area contributed by atoms with Gasteiger partial charge in [-0.05, 0) is 42.8 Å². The average molecular weight is 352 g/mol. The van der Waals surface area contributed by atoms with Crippen molar-refractivity contribution in [3.8, 4) is 5.75 Å². The summed E-state index contributed by atoms with van der Waals surface area (Å²) in [4.78, 5) is 25.4. The van der Waals surface area contributed by atoms with Crippen molar-refractivity contribution in [2.45, 2.75) is 13.5 Å². The average Bonchev–Trinajstić information content (AvgIpc) is 2.64. The molecule has 0 aromatic heterocycles. The Morgan fingerprint density at radius 2 is 1.81 bits per heavy atom. The molecule has 1 N–H and O–H groups in total. The van der Waals surface area contributed by atoms with Gasteiger partial charge in [-0.15, -0.1) is 0 Å². The number of carbonyl (C=O) groups excluding carboxylic acids is 2.